The molecule has 0 aromatic heterocycles. The van der Waals surface area contributed by atoms with Gasteiger partial charge in [-0.1, -0.05) is 37.3 Å². The molecule has 6 N–H and O–H groups in total. The van der Waals surface area contributed by atoms with Crippen molar-refractivity contribution in [3.05, 3.63) is 35.9 Å². The highest BCUT2D eigenvalue weighted by atomic mass is 16.1. The van der Waals surface area contributed by atoms with Gasteiger partial charge in [0.2, 0.25) is 5.91 Å². The third-order valence-electron chi connectivity index (χ3n) is 3.29. The van der Waals surface area contributed by atoms with Gasteiger partial charge in [0, 0.05) is 18.6 Å². The summed E-state index contributed by atoms with van der Waals surface area (Å²) in [6.45, 7) is 3.36. The van der Waals surface area contributed by atoms with Crippen molar-refractivity contribution in [3.8, 4) is 0 Å². The van der Waals surface area contributed by atoms with E-state index in [9.17, 15) is 4.79 Å². The normalized spacial score (nSPS) is 13.8. The lowest BCUT2D eigenvalue weighted by Crippen LogP contribution is -2.52. The second-order valence-corrected chi connectivity index (χ2v) is 4.86. The smallest absolute Gasteiger partial charge is 0.233 e. The molecule has 1 aromatic rings. The second-order valence-electron chi connectivity index (χ2n) is 4.86. The van der Waals surface area contributed by atoms with Crippen LogP contribution in [0.4, 0.5) is 0 Å². The number of amides is 1. The van der Waals surface area contributed by atoms with Gasteiger partial charge >= 0.3 is 0 Å². The Labute approximate surface area is 121 Å². The van der Waals surface area contributed by atoms with Crippen LogP contribution in [0.2, 0.25) is 0 Å². The Balaban J connectivity index is 2.44. The predicted octanol–water partition coefficient (Wildman–Crippen LogP) is -0.000500. The van der Waals surface area contributed by atoms with E-state index in [0.29, 0.717) is 6.54 Å². The lowest BCUT2D eigenvalue weighted by Gasteiger charge is -2.25. The quantitative estimate of drug-likeness (QED) is 0.511. The summed E-state index contributed by atoms with van der Waals surface area (Å²) in [6.07, 6.45) is 1.91. The Hall–Kier alpha value is -1.43. The number of hydrogen-bond acceptors (Lipinski definition) is 4. The van der Waals surface area contributed by atoms with Crippen molar-refractivity contribution >= 4 is 5.91 Å². The third kappa shape index (κ3) is 6.14. The first kappa shape index (κ1) is 16.6. The lowest BCUT2D eigenvalue weighted by molar-refractivity contribution is -0.119. The maximum absolute atomic E-state index is 11.2. The number of carbonyl (C=O) groups excluding carboxylic acids is 1. The molecular weight excluding hydrogens is 252 g/mol. The Bertz CT molecular complexity index is 383. The predicted molar refractivity (Wildman–Crippen MR) is 82.3 cm³/mol. The van der Waals surface area contributed by atoms with Gasteiger partial charge in [0.25, 0.3) is 0 Å². The van der Waals surface area contributed by atoms with Crippen LogP contribution in [0.1, 0.15) is 18.9 Å². The largest absolute Gasteiger partial charge is 0.353 e. The highest BCUT2D eigenvalue weighted by molar-refractivity contribution is 5.77. The van der Waals surface area contributed by atoms with E-state index in [1.165, 1.54) is 5.56 Å². The lowest BCUT2D eigenvalue weighted by atomic mass is 9.99. The molecule has 0 fully saturated rings. The van der Waals surface area contributed by atoms with E-state index in [4.69, 9.17) is 11.5 Å². The zero-order valence-corrected chi connectivity index (χ0v) is 12.1. The number of hydrogen-bond donors (Lipinski definition) is 4. The van der Waals surface area contributed by atoms with Gasteiger partial charge in [-0.2, -0.15) is 0 Å². The van der Waals surface area contributed by atoms with Crippen LogP contribution in [0.3, 0.4) is 0 Å². The molecule has 1 aromatic carbocycles. The summed E-state index contributed by atoms with van der Waals surface area (Å²) >= 11 is 0. The molecule has 0 saturated carbocycles. The fourth-order valence-electron chi connectivity index (χ4n) is 2.14. The molecule has 0 heterocycles. The molecule has 5 heteroatoms. The molecule has 20 heavy (non-hydrogen) atoms. The molecule has 0 aliphatic rings. The van der Waals surface area contributed by atoms with Crippen molar-refractivity contribution in [1.29, 1.82) is 0 Å². The van der Waals surface area contributed by atoms with Crippen LogP contribution < -0.4 is 22.1 Å². The van der Waals surface area contributed by atoms with Crippen LogP contribution in [-0.4, -0.2) is 37.6 Å². The summed E-state index contributed by atoms with van der Waals surface area (Å²) in [5.74, 6) is -0.168. The van der Waals surface area contributed by atoms with Gasteiger partial charge in [0.05, 0.1) is 6.54 Å². The van der Waals surface area contributed by atoms with Gasteiger partial charge in [-0.3, -0.25) is 4.79 Å². The molecule has 5 nitrogen and oxygen atoms in total. The van der Waals surface area contributed by atoms with Crippen LogP contribution in [0, 0.1) is 0 Å². The van der Waals surface area contributed by atoms with E-state index >= 15 is 0 Å². The van der Waals surface area contributed by atoms with E-state index in [-0.39, 0.29) is 24.5 Å². The standard InChI is InChI=1S/C15H26N4O/c1-2-18-14(13(17)11-19-15(20)10-16)9-8-12-6-4-3-5-7-12/h3-7,13-14,18H,2,8-11,16-17H2,1H3,(H,19,20). The first-order chi connectivity index (χ1) is 9.67. The van der Waals surface area contributed by atoms with E-state index in [1.807, 2.05) is 18.2 Å². The summed E-state index contributed by atoms with van der Waals surface area (Å²) in [6, 6.07) is 10.4. The van der Waals surface area contributed by atoms with Crippen LogP contribution in [-0.2, 0) is 11.2 Å². The number of aryl methyl sites for hydroxylation is 1. The number of nitrogens with one attached hydrogen (secondary N) is 2. The number of benzene rings is 1. The maximum Gasteiger partial charge on any atom is 0.233 e. The summed E-state index contributed by atoms with van der Waals surface area (Å²) < 4.78 is 0. The van der Waals surface area contributed by atoms with E-state index < -0.39 is 0 Å². The minimum Gasteiger partial charge on any atom is -0.353 e. The minimum absolute atomic E-state index is 0.00259. The van der Waals surface area contributed by atoms with Crippen LogP contribution >= 0.6 is 0 Å². The topological polar surface area (TPSA) is 93.2 Å². The average Bonchev–Trinajstić information content (AvgIpc) is 2.49. The van der Waals surface area contributed by atoms with Crippen LogP contribution in [0.15, 0.2) is 30.3 Å². The zero-order valence-electron chi connectivity index (χ0n) is 12.1. The van der Waals surface area contributed by atoms with E-state index in [2.05, 4.69) is 29.7 Å². The molecule has 2 unspecified atom stereocenters. The molecule has 0 aliphatic heterocycles. The maximum atomic E-state index is 11.2. The molecule has 112 valence electrons. The molecule has 0 aliphatic carbocycles. The van der Waals surface area contributed by atoms with Crippen molar-refractivity contribution in [2.75, 3.05) is 19.6 Å². The highest BCUT2D eigenvalue weighted by Crippen LogP contribution is 2.06. The van der Waals surface area contributed by atoms with Crippen molar-refractivity contribution in [2.24, 2.45) is 11.5 Å². The number of likely N-dealkylation sites (N-methyl/N-ethyl adjacent to an activating group) is 1. The average molecular weight is 278 g/mol. The van der Waals surface area contributed by atoms with Crippen molar-refractivity contribution in [2.45, 2.75) is 31.8 Å². The van der Waals surface area contributed by atoms with Crippen molar-refractivity contribution in [3.63, 3.8) is 0 Å². The summed E-state index contributed by atoms with van der Waals surface area (Å²) in [7, 11) is 0. The monoisotopic (exact) mass is 278 g/mol. The Kier molecular flexibility index (Phi) is 7.87. The number of rotatable bonds is 9. The summed E-state index contributed by atoms with van der Waals surface area (Å²) in [5, 5.41) is 6.13. The highest BCUT2D eigenvalue weighted by Gasteiger charge is 2.17. The first-order valence-electron chi connectivity index (χ1n) is 7.17. The molecule has 2 atom stereocenters. The summed E-state index contributed by atoms with van der Waals surface area (Å²) in [4.78, 5) is 11.2. The van der Waals surface area contributed by atoms with E-state index in [1.54, 1.807) is 0 Å². The van der Waals surface area contributed by atoms with Crippen molar-refractivity contribution in [1.82, 2.24) is 10.6 Å². The fraction of sp³-hybridized carbons (Fsp3) is 0.533. The number of carbonyl (C=O) groups is 1. The number of nitrogens with two attached hydrogens (primary N) is 2. The van der Waals surface area contributed by atoms with Crippen LogP contribution in [0.25, 0.3) is 0 Å². The van der Waals surface area contributed by atoms with Crippen molar-refractivity contribution < 1.29 is 4.79 Å². The molecule has 0 saturated heterocycles. The molecule has 0 radical (unpaired) electrons. The molecule has 0 spiro atoms. The Morgan fingerprint density at radius 2 is 2.00 bits per heavy atom. The Morgan fingerprint density at radius 1 is 1.30 bits per heavy atom. The van der Waals surface area contributed by atoms with Gasteiger partial charge in [-0.25, -0.2) is 0 Å². The first-order valence-corrected chi connectivity index (χ1v) is 7.17. The van der Waals surface area contributed by atoms with Crippen LogP contribution in [0.5, 0.6) is 0 Å². The molecule has 1 rings (SSSR count). The van der Waals surface area contributed by atoms with Gasteiger partial charge in [0.15, 0.2) is 0 Å². The van der Waals surface area contributed by atoms with Gasteiger partial charge < -0.3 is 22.1 Å². The van der Waals surface area contributed by atoms with Gasteiger partial charge in [-0.15, -0.1) is 0 Å². The third-order valence-corrected chi connectivity index (χ3v) is 3.29. The fourth-order valence-corrected chi connectivity index (χ4v) is 2.14. The SMILES string of the molecule is CCNC(CCc1ccccc1)C(N)CNC(=O)CN. The zero-order chi connectivity index (χ0) is 14.8. The van der Waals surface area contributed by atoms with Gasteiger partial charge in [0.1, 0.15) is 0 Å². The molecule has 0 bridgehead atoms. The second kappa shape index (κ2) is 9.47. The minimum atomic E-state index is -0.168. The van der Waals surface area contributed by atoms with E-state index in [0.717, 1.165) is 19.4 Å². The van der Waals surface area contributed by atoms with Gasteiger partial charge in [-0.05, 0) is 24.9 Å². The summed E-state index contributed by atoms with van der Waals surface area (Å²) in [5.41, 5.74) is 12.7. The molecule has 1 amide bonds. The Morgan fingerprint density at radius 3 is 2.60 bits per heavy atom. The molecular formula is C15H26N4O.